The maximum absolute atomic E-state index is 12.3. The van der Waals surface area contributed by atoms with Gasteiger partial charge in [-0.15, -0.1) is 0 Å². The zero-order valence-electron chi connectivity index (χ0n) is 25.0. The number of aliphatic hydroxyl groups excluding tert-OH is 7. The Bertz CT molecular complexity index is 1140. The van der Waals surface area contributed by atoms with Gasteiger partial charge in [-0.05, 0) is 12.0 Å². The van der Waals surface area contributed by atoms with Crippen LogP contribution >= 0.6 is 0 Å². The lowest BCUT2D eigenvalue weighted by Crippen LogP contribution is -2.69. The van der Waals surface area contributed by atoms with Crippen LogP contribution < -0.4 is 22.1 Å². The summed E-state index contributed by atoms with van der Waals surface area (Å²) in [5.41, 5.74) is 12.9. The van der Waals surface area contributed by atoms with E-state index in [4.69, 9.17) is 35.2 Å². The zero-order chi connectivity index (χ0) is 33.7. The van der Waals surface area contributed by atoms with Crippen molar-refractivity contribution in [3.05, 3.63) is 35.9 Å². The number of hydrogen-bond donors (Lipinski definition) is 11. The zero-order valence-corrected chi connectivity index (χ0v) is 25.0. The van der Waals surface area contributed by atoms with Crippen LogP contribution in [0.25, 0.3) is 0 Å². The minimum absolute atomic E-state index is 0.0284. The first-order valence-electron chi connectivity index (χ1n) is 14.9. The molecule has 46 heavy (non-hydrogen) atoms. The topological polar surface area (TPSA) is 298 Å². The number of carbonyl (C=O) groups excluding carboxylic acids is 2. The molecule has 0 bridgehead atoms. The Morgan fingerprint density at radius 3 is 2.13 bits per heavy atom. The van der Waals surface area contributed by atoms with Crippen LogP contribution in [0.2, 0.25) is 0 Å². The van der Waals surface area contributed by atoms with Gasteiger partial charge in [-0.1, -0.05) is 30.3 Å². The van der Waals surface area contributed by atoms with E-state index in [1.165, 1.54) is 6.92 Å². The molecule has 18 heteroatoms. The number of alkyl carbamates (subject to hydrolysis) is 1. The Morgan fingerprint density at radius 2 is 1.48 bits per heavy atom. The van der Waals surface area contributed by atoms with Crippen LogP contribution in [-0.4, -0.2) is 153 Å². The average molecular weight is 661 g/mol. The number of nitrogens with two attached hydrogens (primary N) is 2. The third-order valence-electron chi connectivity index (χ3n) is 8.26. The van der Waals surface area contributed by atoms with Gasteiger partial charge in [-0.3, -0.25) is 4.79 Å². The molecular formula is C28H44N4O14. The highest BCUT2D eigenvalue weighted by Gasteiger charge is 2.52. The molecule has 13 N–H and O–H groups in total. The molecular weight excluding hydrogens is 616 g/mol. The number of amides is 2. The largest absolute Gasteiger partial charge is 0.445 e. The monoisotopic (exact) mass is 660 g/mol. The highest BCUT2D eigenvalue weighted by atomic mass is 16.7. The SMILES string of the molecule is CC(=O)NC1C[C@@H](N)[C@@H](O[C@H]2OC(CO)[C@@H](O)[C@@H](N)C2O)C(O)[C@@H]1O[C@H]1OC(CNC(=O)OCc2ccccc2)[C@@H](O)[C@H](O)C1O. The molecule has 0 spiro atoms. The molecule has 1 aromatic rings. The molecule has 2 amide bonds. The molecule has 3 fully saturated rings. The van der Waals surface area contributed by atoms with Gasteiger partial charge >= 0.3 is 6.09 Å². The van der Waals surface area contributed by atoms with Crippen molar-refractivity contribution in [2.45, 2.75) is 112 Å². The first kappa shape index (κ1) is 36.3. The van der Waals surface area contributed by atoms with E-state index in [0.717, 1.165) is 5.56 Å². The van der Waals surface area contributed by atoms with Gasteiger partial charge in [0, 0.05) is 19.5 Å². The van der Waals surface area contributed by atoms with E-state index in [9.17, 15) is 45.3 Å². The minimum Gasteiger partial charge on any atom is -0.445 e. The molecule has 2 aliphatic heterocycles. The summed E-state index contributed by atoms with van der Waals surface area (Å²) < 4.78 is 28.0. The van der Waals surface area contributed by atoms with Crippen LogP contribution in [0, 0.1) is 0 Å². The number of carbonyl (C=O) groups is 2. The standard InChI is InChI=1S/C28H44N4O14/c1-11(34)32-14-7-13(29)24(45-26-20(37)17(30)18(35)16(9-33)44-26)23(40)25(14)46-27-22(39)21(38)19(36)15(43-27)8-31-28(41)42-10-12-5-3-2-4-6-12/h2-6,13-27,33,35-40H,7-10,29-30H2,1H3,(H,31,41)(H,32,34)/t13-,14?,15?,16?,17-,18-,19-,20?,21+,22?,23?,24-,25-,26-,27-/m1/s1. The quantitative estimate of drug-likeness (QED) is 0.112. The van der Waals surface area contributed by atoms with E-state index in [1.807, 2.05) is 0 Å². The number of aliphatic hydroxyl groups is 7. The van der Waals surface area contributed by atoms with Crippen LogP contribution in [0.4, 0.5) is 4.79 Å². The molecule has 18 nitrogen and oxygen atoms in total. The number of rotatable bonds is 10. The predicted octanol–water partition coefficient (Wildman–Crippen LogP) is -5.15. The number of hydrogen-bond acceptors (Lipinski definition) is 16. The van der Waals surface area contributed by atoms with Crippen molar-refractivity contribution in [3.8, 4) is 0 Å². The lowest BCUT2D eigenvalue weighted by atomic mass is 9.83. The Balaban J connectivity index is 1.45. The lowest BCUT2D eigenvalue weighted by molar-refractivity contribution is -0.333. The van der Waals surface area contributed by atoms with Gasteiger partial charge in [-0.25, -0.2) is 4.79 Å². The van der Waals surface area contributed by atoms with E-state index in [0.29, 0.717) is 0 Å². The van der Waals surface area contributed by atoms with Gasteiger partial charge in [-0.2, -0.15) is 0 Å². The molecule has 1 aromatic carbocycles. The fourth-order valence-electron chi connectivity index (χ4n) is 5.69. The van der Waals surface area contributed by atoms with Crippen LogP contribution in [0.3, 0.4) is 0 Å². The molecule has 2 saturated heterocycles. The van der Waals surface area contributed by atoms with Gasteiger partial charge in [0.1, 0.15) is 67.6 Å². The molecule has 4 rings (SSSR count). The van der Waals surface area contributed by atoms with Crippen molar-refractivity contribution < 1.29 is 69.0 Å². The smallest absolute Gasteiger partial charge is 0.407 e. The minimum atomic E-state index is -1.84. The van der Waals surface area contributed by atoms with Gasteiger partial charge in [0.15, 0.2) is 12.6 Å². The highest BCUT2D eigenvalue weighted by Crippen LogP contribution is 2.32. The van der Waals surface area contributed by atoms with Crippen molar-refractivity contribution in [1.29, 1.82) is 0 Å². The molecule has 0 radical (unpaired) electrons. The average Bonchev–Trinajstić information content (AvgIpc) is 3.03. The summed E-state index contributed by atoms with van der Waals surface area (Å²) in [6.07, 6.45) is -19.4. The van der Waals surface area contributed by atoms with E-state index in [1.54, 1.807) is 30.3 Å². The van der Waals surface area contributed by atoms with Gasteiger partial charge in [0.05, 0.1) is 18.7 Å². The third-order valence-corrected chi connectivity index (χ3v) is 8.26. The first-order chi connectivity index (χ1) is 21.8. The van der Waals surface area contributed by atoms with Crippen molar-refractivity contribution in [1.82, 2.24) is 10.6 Å². The van der Waals surface area contributed by atoms with Gasteiger partial charge in [0.2, 0.25) is 5.91 Å². The summed E-state index contributed by atoms with van der Waals surface area (Å²) >= 11 is 0. The highest BCUT2D eigenvalue weighted by molar-refractivity contribution is 5.73. The fraction of sp³-hybridized carbons (Fsp3) is 0.714. The van der Waals surface area contributed by atoms with Gasteiger partial charge in [0.25, 0.3) is 0 Å². The molecule has 1 saturated carbocycles. The van der Waals surface area contributed by atoms with Crippen molar-refractivity contribution in [2.75, 3.05) is 13.2 Å². The first-order valence-corrected chi connectivity index (χ1v) is 14.9. The van der Waals surface area contributed by atoms with Crippen molar-refractivity contribution in [3.63, 3.8) is 0 Å². The Labute approximate surface area is 264 Å². The summed E-state index contributed by atoms with van der Waals surface area (Å²) in [6.45, 7) is 0.172. The maximum Gasteiger partial charge on any atom is 0.407 e. The van der Waals surface area contributed by atoms with E-state index in [-0.39, 0.29) is 19.6 Å². The molecule has 6 unspecified atom stereocenters. The second-order valence-electron chi connectivity index (χ2n) is 11.6. The maximum atomic E-state index is 12.3. The summed E-state index contributed by atoms with van der Waals surface area (Å²) in [5.74, 6) is -0.509. The van der Waals surface area contributed by atoms with E-state index in [2.05, 4.69) is 10.6 Å². The van der Waals surface area contributed by atoms with Crippen LogP contribution in [0.1, 0.15) is 18.9 Å². The van der Waals surface area contributed by atoms with Crippen LogP contribution in [0.5, 0.6) is 0 Å². The van der Waals surface area contributed by atoms with Crippen molar-refractivity contribution >= 4 is 12.0 Å². The summed E-state index contributed by atoms with van der Waals surface area (Å²) in [6, 6.07) is 5.64. The number of nitrogens with one attached hydrogen (secondary N) is 2. The normalized spacial score (nSPS) is 41.4. The van der Waals surface area contributed by atoms with Gasteiger partial charge < -0.3 is 81.5 Å². The number of benzene rings is 1. The Kier molecular flexibility index (Phi) is 12.6. The molecule has 260 valence electrons. The van der Waals surface area contributed by atoms with E-state index < -0.39 is 110 Å². The molecule has 0 aromatic heterocycles. The lowest BCUT2D eigenvalue weighted by Gasteiger charge is -2.48. The van der Waals surface area contributed by atoms with Crippen LogP contribution in [0.15, 0.2) is 30.3 Å². The van der Waals surface area contributed by atoms with Crippen LogP contribution in [-0.2, 0) is 35.1 Å². The van der Waals surface area contributed by atoms with Crippen molar-refractivity contribution in [2.24, 2.45) is 11.5 Å². The molecule has 3 aliphatic rings. The number of ether oxygens (including phenoxy) is 5. The Hall–Kier alpha value is -2.56. The van der Waals surface area contributed by atoms with E-state index >= 15 is 0 Å². The summed E-state index contributed by atoms with van der Waals surface area (Å²) in [5, 5.41) is 78.5. The predicted molar refractivity (Wildman–Crippen MR) is 153 cm³/mol. The third kappa shape index (κ3) is 8.47. The molecule has 1 aliphatic carbocycles. The second kappa shape index (κ2) is 16.0. The molecule has 2 heterocycles. The Morgan fingerprint density at radius 1 is 0.848 bits per heavy atom. The fourth-order valence-corrected chi connectivity index (χ4v) is 5.69. The second-order valence-corrected chi connectivity index (χ2v) is 11.6. The molecule has 15 atom stereocenters. The summed E-state index contributed by atoms with van der Waals surface area (Å²) in [7, 11) is 0. The summed E-state index contributed by atoms with van der Waals surface area (Å²) in [4.78, 5) is 24.3.